The predicted molar refractivity (Wildman–Crippen MR) is 77.2 cm³/mol. The minimum atomic E-state index is -0.143. The van der Waals surface area contributed by atoms with E-state index in [0.717, 1.165) is 11.8 Å². The van der Waals surface area contributed by atoms with Crippen LogP contribution in [-0.4, -0.2) is 11.2 Å². The van der Waals surface area contributed by atoms with Crippen LogP contribution in [-0.2, 0) is 0 Å². The van der Waals surface area contributed by atoms with Gasteiger partial charge in [0.05, 0.1) is 6.10 Å². The summed E-state index contributed by atoms with van der Waals surface area (Å²) in [6.07, 6.45) is 9.12. The van der Waals surface area contributed by atoms with Crippen molar-refractivity contribution in [3.8, 4) is 0 Å². The second-order valence-corrected chi connectivity index (χ2v) is 6.20. The van der Waals surface area contributed by atoms with E-state index in [2.05, 4.69) is 27.7 Å². The first-order chi connectivity index (χ1) is 7.97. The van der Waals surface area contributed by atoms with Crippen LogP contribution in [0.15, 0.2) is 0 Å². The Morgan fingerprint density at radius 2 is 1.24 bits per heavy atom. The van der Waals surface area contributed by atoms with E-state index < -0.39 is 0 Å². The smallest absolute Gasteiger partial charge is 0.0537 e. The minimum Gasteiger partial charge on any atom is -0.393 e. The highest BCUT2D eigenvalue weighted by Crippen LogP contribution is 2.20. The molecule has 4 atom stereocenters. The molecule has 0 aliphatic rings. The molecule has 0 aromatic rings. The lowest BCUT2D eigenvalue weighted by molar-refractivity contribution is 0.127. The van der Waals surface area contributed by atoms with Gasteiger partial charge in [0.2, 0.25) is 0 Å². The second kappa shape index (κ2) is 9.94. The van der Waals surface area contributed by atoms with Crippen LogP contribution in [0.2, 0.25) is 0 Å². The lowest BCUT2D eigenvalue weighted by Gasteiger charge is -2.16. The summed E-state index contributed by atoms with van der Waals surface area (Å²) in [5.74, 6) is 2.22. The lowest BCUT2D eigenvalue weighted by atomic mass is 9.91. The zero-order valence-electron chi connectivity index (χ0n) is 12.7. The normalized spacial score (nSPS) is 18.7. The van der Waals surface area contributed by atoms with Crippen molar-refractivity contribution in [2.24, 2.45) is 17.8 Å². The van der Waals surface area contributed by atoms with Gasteiger partial charge in [-0.05, 0) is 31.1 Å². The van der Waals surface area contributed by atoms with Gasteiger partial charge in [-0.2, -0.15) is 0 Å². The fourth-order valence-corrected chi connectivity index (χ4v) is 2.19. The van der Waals surface area contributed by atoms with Crippen molar-refractivity contribution in [2.45, 2.75) is 85.7 Å². The SMILES string of the molecule is CC[C@@H](C)CCC[C@@H](C)CCC[C@@H](C)[C@H](C)O. The van der Waals surface area contributed by atoms with E-state index in [1.165, 1.54) is 44.9 Å². The van der Waals surface area contributed by atoms with E-state index in [4.69, 9.17) is 0 Å². The highest BCUT2D eigenvalue weighted by atomic mass is 16.3. The number of aliphatic hydroxyl groups is 1. The fourth-order valence-electron chi connectivity index (χ4n) is 2.19. The van der Waals surface area contributed by atoms with Gasteiger partial charge in [0.15, 0.2) is 0 Å². The standard InChI is InChI=1S/C16H34O/c1-6-13(2)9-7-10-14(3)11-8-12-15(4)16(5)17/h13-17H,6-12H2,1-5H3/t13-,14-,15-,16+/m1/s1. The molecular weight excluding hydrogens is 208 g/mol. The Morgan fingerprint density at radius 3 is 1.71 bits per heavy atom. The van der Waals surface area contributed by atoms with Crippen molar-refractivity contribution in [1.29, 1.82) is 0 Å². The summed E-state index contributed by atoms with van der Waals surface area (Å²) >= 11 is 0. The zero-order valence-corrected chi connectivity index (χ0v) is 12.7. The van der Waals surface area contributed by atoms with Crippen LogP contribution in [0.5, 0.6) is 0 Å². The molecule has 0 amide bonds. The van der Waals surface area contributed by atoms with Crippen molar-refractivity contribution < 1.29 is 5.11 Å². The Kier molecular flexibility index (Phi) is 9.91. The van der Waals surface area contributed by atoms with Crippen molar-refractivity contribution in [2.75, 3.05) is 0 Å². The number of hydrogen-bond acceptors (Lipinski definition) is 1. The van der Waals surface area contributed by atoms with Crippen LogP contribution < -0.4 is 0 Å². The van der Waals surface area contributed by atoms with Crippen LogP contribution in [0.4, 0.5) is 0 Å². The topological polar surface area (TPSA) is 20.2 Å². The molecule has 0 rings (SSSR count). The monoisotopic (exact) mass is 242 g/mol. The first kappa shape index (κ1) is 17.0. The van der Waals surface area contributed by atoms with Crippen LogP contribution in [0.25, 0.3) is 0 Å². The predicted octanol–water partition coefficient (Wildman–Crippen LogP) is 5.03. The summed E-state index contributed by atoms with van der Waals surface area (Å²) in [5.41, 5.74) is 0. The first-order valence-corrected chi connectivity index (χ1v) is 7.65. The van der Waals surface area contributed by atoms with Gasteiger partial charge in [0, 0.05) is 0 Å². The minimum absolute atomic E-state index is 0.143. The van der Waals surface area contributed by atoms with Gasteiger partial charge in [-0.1, -0.05) is 66.2 Å². The molecule has 0 aliphatic heterocycles. The molecular formula is C16H34O. The molecule has 1 nitrogen and oxygen atoms in total. The molecule has 0 saturated heterocycles. The third-order valence-electron chi connectivity index (χ3n) is 4.27. The molecule has 0 spiro atoms. The summed E-state index contributed by atoms with van der Waals surface area (Å²) in [6, 6.07) is 0. The van der Waals surface area contributed by atoms with Crippen LogP contribution in [0, 0.1) is 17.8 Å². The molecule has 0 saturated carbocycles. The molecule has 0 aromatic heterocycles. The lowest BCUT2D eigenvalue weighted by Crippen LogP contribution is -2.13. The van der Waals surface area contributed by atoms with E-state index >= 15 is 0 Å². The van der Waals surface area contributed by atoms with E-state index in [9.17, 15) is 5.11 Å². The van der Waals surface area contributed by atoms with Crippen molar-refractivity contribution in [1.82, 2.24) is 0 Å². The van der Waals surface area contributed by atoms with Gasteiger partial charge in [-0.15, -0.1) is 0 Å². The van der Waals surface area contributed by atoms with E-state index in [0.29, 0.717) is 5.92 Å². The van der Waals surface area contributed by atoms with Gasteiger partial charge >= 0.3 is 0 Å². The number of aliphatic hydroxyl groups excluding tert-OH is 1. The van der Waals surface area contributed by atoms with Crippen molar-refractivity contribution in [3.05, 3.63) is 0 Å². The molecule has 0 aromatic carbocycles. The Labute approximate surface area is 109 Å². The van der Waals surface area contributed by atoms with Gasteiger partial charge in [-0.3, -0.25) is 0 Å². The summed E-state index contributed by atoms with van der Waals surface area (Å²) in [6.45, 7) is 11.1. The number of hydrogen-bond donors (Lipinski definition) is 1. The molecule has 0 aliphatic carbocycles. The van der Waals surface area contributed by atoms with Gasteiger partial charge < -0.3 is 5.11 Å². The highest BCUT2D eigenvalue weighted by Gasteiger charge is 2.09. The van der Waals surface area contributed by atoms with E-state index in [1.807, 2.05) is 6.92 Å². The molecule has 17 heavy (non-hydrogen) atoms. The summed E-state index contributed by atoms with van der Waals surface area (Å²) in [4.78, 5) is 0. The molecule has 0 fully saturated rings. The molecule has 104 valence electrons. The van der Waals surface area contributed by atoms with Gasteiger partial charge in [-0.25, -0.2) is 0 Å². The third kappa shape index (κ3) is 9.64. The maximum Gasteiger partial charge on any atom is 0.0537 e. The van der Waals surface area contributed by atoms with Gasteiger partial charge in [0.1, 0.15) is 0 Å². The van der Waals surface area contributed by atoms with E-state index in [1.54, 1.807) is 0 Å². The molecule has 0 bridgehead atoms. The average molecular weight is 242 g/mol. The average Bonchev–Trinajstić information content (AvgIpc) is 2.28. The second-order valence-electron chi connectivity index (χ2n) is 6.20. The first-order valence-electron chi connectivity index (χ1n) is 7.65. The van der Waals surface area contributed by atoms with E-state index in [-0.39, 0.29) is 6.10 Å². The molecule has 1 N–H and O–H groups in total. The molecule has 1 heteroatoms. The fraction of sp³-hybridized carbons (Fsp3) is 1.00. The van der Waals surface area contributed by atoms with Crippen LogP contribution in [0.1, 0.15) is 79.6 Å². The Hall–Kier alpha value is -0.0400. The summed E-state index contributed by atoms with van der Waals surface area (Å²) in [5, 5.41) is 9.42. The quantitative estimate of drug-likeness (QED) is 0.570. The van der Waals surface area contributed by atoms with Crippen LogP contribution in [0.3, 0.4) is 0 Å². The zero-order chi connectivity index (χ0) is 13.3. The Bertz CT molecular complexity index is 165. The maximum absolute atomic E-state index is 9.42. The van der Waals surface area contributed by atoms with Crippen molar-refractivity contribution in [3.63, 3.8) is 0 Å². The highest BCUT2D eigenvalue weighted by molar-refractivity contribution is 4.62. The summed E-state index contributed by atoms with van der Waals surface area (Å²) < 4.78 is 0. The molecule has 0 unspecified atom stereocenters. The largest absolute Gasteiger partial charge is 0.393 e. The van der Waals surface area contributed by atoms with Crippen LogP contribution >= 0.6 is 0 Å². The Balaban J connectivity index is 3.43. The Morgan fingerprint density at radius 1 is 0.765 bits per heavy atom. The molecule has 0 heterocycles. The number of rotatable bonds is 10. The third-order valence-corrected chi connectivity index (χ3v) is 4.27. The van der Waals surface area contributed by atoms with Gasteiger partial charge in [0.25, 0.3) is 0 Å². The summed E-state index contributed by atoms with van der Waals surface area (Å²) in [7, 11) is 0. The van der Waals surface area contributed by atoms with Crippen molar-refractivity contribution >= 4 is 0 Å². The molecule has 0 radical (unpaired) electrons. The maximum atomic E-state index is 9.42.